The normalized spacial score (nSPS) is 20.2. The molecule has 1 aliphatic rings. The highest BCUT2D eigenvalue weighted by atomic mass is 32.2. The van der Waals surface area contributed by atoms with Crippen molar-refractivity contribution in [2.24, 2.45) is 0 Å². The van der Waals surface area contributed by atoms with E-state index in [4.69, 9.17) is 9.47 Å². The first-order chi connectivity index (χ1) is 13.7. The molecule has 0 bridgehead atoms. The van der Waals surface area contributed by atoms with E-state index in [0.29, 0.717) is 5.56 Å². The third-order valence-electron chi connectivity index (χ3n) is 4.57. The number of esters is 1. The minimum absolute atomic E-state index is 0.0279. The standard InChI is InChI=1S/C21H23NO6S/c1-14-12-22(13-15(2)27-14)29(25,26)20-6-4-5-18(11-20)21(24)28-19-9-7-17(8-10-19)16(3)23/h4-11,14-15H,12-13H2,1-3H3/t14-,15-/m0/s1. The number of hydrogen-bond acceptors (Lipinski definition) is 6. The van der Waals surface area contributed by atoms with Crippen molar-refractivity contribution in [3.63, 3.8) is 0 Å². The predicted octanol–water partition coefficient (Wildman–Crippen LogP) is 2.91. The lowest BCUT2D eigenvalue weighted by Gasteiger charge is -2.34. The molecule has 0 radical (unpaired) electrons. The molecule has 0 spiro atoms. The molecule has 0 saturated carbocycles. The van der Waals surface area contributed by atoms with Gasteiger partial charge in [0, 0.05) is 18.7 Å². The average Bonchev–Trinajstić information content (AvgIpc) is 2.67. The van der Waals surface area contributed by atoms with E-state index < -0.39 is 16.0 Å². The zero-order valence-corrected chi connectivity index (χ0v) is 17.3. The maximum absolute atomic E-state index is 13.0. The van der Waals surface area contributed by atoms with Gasteiger partial charge in [-0.25, -0.2) is 13.2 Å². The molecular formula is C21H23NO6S. The molecule has 3 rings (SSSR count). The van der Waals surface area contributed by atoms with Gasteiger partial charge in [0.2, 0.25) is 10.0 Å². The first-order valence-electron chi connectivity index (χ1n) is 9.25. The van der Waals surface area contributed by atoms with Crippen molar-refractivity contribution in [1.29, 1.82) is 0 Å². The zero-order chi connectivity index (χ0) is 21.2. The summed E-state index contributed by atoms with van der Waals surface area (Å²) >= 11 is 0. The van der Waals surface area contributed by atoms with Crippen molar-refractivity contribution in [3.8, 4) is 5.75 Å². The van der Waals surface area contributed by atoms with Gasteiger partial charge in [0.1, 0.15) is 5.75 Å². The van der Waals surface area contributed by atoms with Crippen molar-refractivity contribution < 1.29 is 27.5 Å². The predicted molar refractivity (Wildman–Crippen MR) is 107 cm³/mol. The molecule has 0 aromatic heterocycles. The molecule has 1 fully saturated rings. The van der Waals surface area contributed by atoms with Crippen molar-refractivity contribution in [3.05, 3.63) is 59.7 Å². The van der Waals surface area contributed by atoms with E-state index in [2.05, 4.69) is 0 Å². The van der Waals surface area contributed by atoms with E-state index in [1.54, 1.807) is 12.1 Å². The van der Waals surface area contributed by atoms with E-state index in [1.807, 2.05) is 13.8 Å². The number of ether oxygens (including phenoxy) is 2. The molecule has 29 heavy (non-hydrogen) atoms. The Morgan fingerprint density at radius 3 is 2.21 bits per heavy atom. The number of Topliss-reactive ketones (excluding diaryl/α,β-unsaturated/α-hetero) is 1. The molecule has 154 valence electrons. The van der Waals surface area contributed by atoms with Crippen LogP contribution < -0.4 is 4.74 Å². The molecule has 2 aromatic carbocycles. The highest BCUT2D eigenvalue weighted by Gasteiger charge is 2.32. The van der Waals surface area contributed by atoms with Crippen LogP contribution in [0.1, 0.15) is 41.5 Å². The number of nitrogens with zero attached hydrogens (tertiary/aromatic N) is 1. The fourth-order valence-corrected chi connectivity index (χ4v) is 4.82. The largest absolute Gasteiger partial charge is 0.423 e. The van der Waals surface area contributed by atoms with Crippen LogP contribution in [0.4, 0.5) is 0 Å². The lowest BCUT2D eigenvalue weighted by Crippen LogP contribution is -2.48. The van der Waals surface area contributed by atoms with Gasteiger partial charge in [-0.3, -0.25) is 4.79 Å². The highest BCUT2D eigenvalue weighted by Crippen LogP contribution is 2.23. The maximum atomic E-state index is 13.0. The Labute approximate surface area is 170 Å². The van der Waals surface area contributed by atoms with Crippen molar-refractivity contribution in [2.75, 3.05) is 13.1 Å². The number of carbonyl (C=O) groups is 2. The van der Waals surface area contributed by atoms with Crippen molar-refractivity contribution in [1.82, 2.24) is 4.31 Å². The first kappa shape index (κ1) is 21.2. The number of ketones is 1. The van der Waals surface area contributed by atoms with Crippen LogP contribution in [0.25, 0.3) is 0 Å². The summed E-state index contributed by atoms with van der Waals surface area (Å²) in [5.74, 6) is -0.502. The Morgan fingerprint density at radius 1 is 1.00 bits per heavy atom. The fraction of sp³-hybridized carbons (Fsp3) is 0.333. The second kappa shape index (κ2) is 8.44. The molecule has 0 amide bonds. The quantitative estimate of drug-likeness (QED) is 0.422. The highest BCUT2D eigenvalue weighted by molar-refractivity contribution is 7.89. The lowest BCUT2D eigenvalue weighted by molar-refractivity contribution is -0.0440. The van der Waals surface area contributed by atoms with Crippen LogP contribution in [-0.2, 0) is 14.8 Å². The minimum Gasteiger partial charge on any atom is -0.423 e. The zero-order valence-electron chi connectivity index (χ0n) is 16.5. The first-order valence-corrected chi connectivity index (χ1v) is 10.7. The van der Waals surface area contributed by atoms with Gasteiger partial charge >= 0.3 is 5.97 Å². The second-order valence-electron chi connectivity index (χ2n) is 7.08. The van der Waals surface area contributed by atoms with Crippen LogP contribution in [0, 0.1) is 0 Å². The summed E-state index contributed by atoms with van der Waals surface area (Å²) in [5, 5.41) is 0. The number of benzene rings is 2. The fourth-order valence-electron chi connectivity index (χ4n) is 3.18. The second-order valence-corrected chi connectivity index (χ2v) is 9.02. The van der Waals surface area contributed by atoms with Gasteiger partial charge in [-0.2, -0.15) is 4.31 Å². The summed E-state index contributed by atoms with van der Waals surface area (Å²) in [6.45, 7) is 5.60. The number of hydrogen-bond donors (Lipinski definition) is 0. The summed E-state index contributed by atoms with van der Waals surface area (Å²) in [7, 11) is -3.76. The summed E-state index contributed by atoms with van der Waals surface area (Å²) in [5.41, 5.74) is 0.628. The average molecular weight is 417 g/mol. The Bertz CT molecular complexity index is 1010. The van der Waals surface area contributed by atoms with Crippen LogP contribution in [-0.4, -0.2) is 49.8 Å². The van der Waals surface area contributed by atoms with E-state index >= 15 is 0 Å². The third-order valence-corrected chi connectivity index (χ3v) is 6.39. The topological polar surface area (TPSA) is 90.0 Å². The van der Waals surface area contributed by atoms with Gasteiger partial charge in [0.25, 0.3) is 0 Å². The summed E-state index contributed by atoms with van der Waals surface area (Å²) in [6.07, 6.45) is -0.417. The SMILES string of the molecule is CC(=O)c1ccc(OC(=O)c2cccc(S(=O)(=O)N3C[C@H](C)O[C@@H](C)C3)c2)cc1. The van der Waals surface area contributed by atoms with Crippen molar-refractivity contribution >= 4 is 21.8 Å². The van der Waals surface area contributed by atoms with E-state index in [1.165, 1.54) is 47.6 Å². The number of sulfonamides is 1. The van der Waals surface area contributed by atoms with Gasteiger partial charge in [0.15, 0.2) is 5.78 Å². The molecule has 0 N–H and O–H groups in total. The van der Waals surface area contributed by atoms with E-state index in [-0.39, 0.29) is 47.3 Å². The van der Waals surface area contributed by atoms with Crippen LogP contribution in [0.5, 0.6) is 5.75 Å². The number of morpholine rings is 1. The lowest BCUT2D eigenvalue weighted by atomic mass is 10.1. The van der Waals surface area contributed by atoms with Gasteiger partial charge < -0.3 is 9.47 Å². The Morgan fingerprint density at radius 2 is 1.62 bits per heavy atom. The summed E-state index contributed by atoms with van der Waals surface area (Å²) in [4.78, 5) is 23.8. The molecular weight excluding hydrogens is 394 g/mol. The molecule has 1 heterocycles. The van der Waals surface area contributed by atoms with Gasteiger partial charge in [-0.1, -0.05) is 6.07 Å². The number of carbonyl (C=O) groups excluding carboxylic acids is 2. The van der Waals surface area contributed by atoms with Gasteiger partial charge in [-0.15, -0.1) is 0 Å². The van der Waals surface area contributed by atoms with Crippen molar-refractivity contribution in [2.45, 2.75) is 37.9 Å². The van der Waals surface area contributed by atoms with Crippen LogP contribution in [0.3, 0.4) is 0 Å². The Kier molecular flexibility index (Phi) is 6.16. The molecule has 0 unspecified atom stereocenters. The van der Waals surface area contributed by atoms with Crippen LogP contribution >= 0.6 is 0 Å². The summed E-state index contributed by atoms with van der Waals surface area (Å²) < 4.78 is 38.3. The molecule has 1 aliphatic heterocycles. The maximum Gasteiger partial charge on any atom is 0.343 e. The van der Waals surface area contributed by atoms with E-state index in [9.17, 15) is 18.0 Å². The number of rotatable bonds is 5. The Balaban J connectivity index is 1.79. The molecule has 8 heteroatoms. The smallest absolute Gasteiger partial charge is 0.343 e. The van der Waals surface area contributed by atoms with Crippen LogP contribution in [0.15, 0.2) is 53.4 Å². The molecule has 2 aromatic rings. The molecule has 2 atom stereocenters. The molecule has 7 nitrogen and oxygen atoms in total. The molecule has 0 aliphatic carbocycles. The third kappa shape index (κ3) is 4.90. The summed E-state index contributed by atoms with van der Waals surface area (Å²) in [6, 6.07) is 11.9. The Hall–Kier alpha value is -2.55. The minimum atomic E-state index is -3.76. The monoisotopic (exact) mass is 417 g/mol. The van der Waals surface area contributed by atoms with Gasteiger partial charge in [0.05, 0.1) is 22.7 Å². The molecule has 1 saturated heterocycles. The van der Waals surface area contributed by atoms with E-state index in [0.717, 1.165) is 0 Å². The van der Waals surface area contributed by atoms with Crippen LogP contribution in [0.2, 0.25) is 0 Å². The van der Waals surface area contributed by atoms with Gasteiger partial charge in [-0.05, 0) is 63.2 Å².